The van der Waals surface area contributed by atoms with E-state index < -0.39 is 0 Å². The van der Waals surface area contributed by atoms with Crippen molar-refractivity contribution >= 4 is 45.1 Å². The molecule has 1 N–H and O–H groups in total. The van der Waals surface area contributed by atoms with Crippen LogP contribution >= 0.6 is 23.1 Å². The van der Waals surface area contributed by atoms with Gasteiger partial charge in [-0.05, 0) is 38.5 Å². The zero-order valence-electron chi connectivity index (χ0n) is 15.8. The molecule has 142 valence electrons. The fourth-order valence-corrected chi connectivity index (χ4v) is 4.56. The molecule has 1 amide bonds. The third-order valence-corrected chi connectivity index (χ3v) is 6.45. The van der Waals surface area contributed by atoms with Gasteiger partial charge in [-0.3, -0.25) is 10.1 Å². The lowest BCUT2D eigenvalue weighted by Gasteiger charge is -1.99. The first-order chi connectivity index (χ1) is 13.5. The van der Waals surface area contributed by atoms with Crippen molar-refractivity contribution in [3.63, 3.8) is 0 Å². The normalized spacial score (nSPS) is 11.1. The maximum Gasteiger partial charge on any atom is 0.293 e. The number of rotatable bonds is 5. The molecule has 0 bridgehead atoms. The number of carbonyl (C=O) groups excluding carboxylic acids is 1. The lowest BCUT2D eigenvalue weighted by molar-refractivity contribution is 0.0998. The molecule has 7 heteroatoms. The van der Waals surface area contributed by atoms with Crippen molar-refractivity contribution in [2.24, 2.45) is 0 Å². The average Bonchev–Trinajstić information content (AvgIpc) is 3.26. The van der Waals surface area contributed by atoms with Gasteiger partial charge in [0.05, 0.1) is 0 Å². The molecule has 0 atom stereocenters. The van der Waals surface area contributed by atoms with Gasteiger partial charge in [0.15, 0.2) is 10.1 Å². The number of thioether (sulfide) groups is 1. The van der Waals surface area contributed by atoms with Crippen LogP contribution in [0, 0.1) is 20.8 Å². The molecule has 0 saturated heterocycles. The summed E-state index contributed by atoms with van der Waals surface area (Å²) in [6, 6.07) is 14.3. The topological polar surface area (TPSA) is 68.0 Å². The third-order valence-electron chi connectivity index (χ3n) is 4.41. The summed E-state index contributed by atoms with van der Waals surface area (Å²) in [5.41, 5.74) is 5.13. The number of aromatic nitrogens is 2. The summed E-state index contributed by atoms with van der Waals surface area (Å²) in [6.45, 7) is 5.98. The van der Waals surface area contributed by atoms with Crippen LogP contribution in [0.3, 0.4) is 0 Å². The number of benzene rings is 2. The number of fused-ring (bicyclic) bond motifs is 1. The van der Waals surface area contributed by atoms with Gasteiger partial charge >= 0.3 is 0 Å². The van der Waals surface area contributed by atoms with Crippen molar-refractivity contribution in [2.75, 3.05) is 5.32 Å². The smallest absolute Gasteiger partial charge is 0.293 e. The maximum absolute atomic E-state index is 12.6. The van der Waals surface area contributed by atoms with Crippen molar-refractivity contribution < 1.29 is 9.21 Å². The highest BCUT2D eigenvalue weighted by atomic mass is 32.2. The van der Waals surface area contributed by atoms with Crippen LogP contribution in [0.2, 0.25) is 0 Å². The van der Waals surface area contributed by atoms with Crippen LogP contribution in [0.1, 0.15) is 32.8 Å². The number of amides is 1. The molecule has 2 aromatic heterocycles. The highest BCUT2D eigenvalue weighted by Gasteiger charge is 2.19. The SMILES string of the molecule is Cc1ccc(CSc2nnc(NC(=O)c3oc4ccc(C)cc4c3C)s2)cc1. The van der Waals surface area contributed by atoms with Gasteiger partial charge in [-0.15, -0.1) is 10.2 Å². The van der Waals surface area contributed by atoms with E-state index in [1.165, 1.54) is 22.5 Å². The Morgan fingerprint density at radius 3 is 2.61 bits per heavy atom. The van der Waals surface area contributed by atoms with Gasteiger partial charge in [0.2, 0.25) is 5.13 Å². The van der Waals surface area contributed by atoms with Crippen molar-refractivity contribution in [1.29, 1.82) is 0 Å². The third kappa shape index (κ3) is 3.95. The molecule has 28 heavy (non-hydrogen) atoms. The van der Waals surface area contributed by atoms with Crippen LogP contribution in [0.5, 0.6) is 0 Å². The fourth-order valence-electron chi connectivity index (χ4n) is 2.85. The Hall–Kier alpha value is -2.64. The molecule has 5 nitrogen and oxygen atoms in total. The first-order valence-electron chi connectivity index (χ1n) is 8.82. The average molecular weight is 410 g/mol. The van der Waals surface area contributed by atoms with E-state index in [1.807, 2.05) is 32.0 Å². The Labute approximate surface area is 171 Å². The predicted octanol–water partition coefficient (Wildman–Crippen LogP) is 5.75. The summed E-state index contributed by atoms with van der Waals surface area (Å²) in [5, 5.41) is 12.5. The molecule has 0 unspecified atom stereocenters. The van der Waals surface area contributed by atoms with Gasteiger partial charge in [0.25, 0.3) is 5.91 Å². The molecule has 2 heterocycles. The van der Waals surface area contributed by atoms with Crippen LogP contribution in [0.15, 0.2) is 51.2 Å². The zero-order valence-corrected chi connectivity index (χ0v) is 17.4. The number of anilines is 1. The van der Waals surface area contributed by atoms with E-state index in [4.69, 9.17) is 4.42 Å². The minimum atomic E-state index is -0.308. The number of hydrogen-bond donors (Lipinski definition) is 1. The second-order valence-electron chi connectivity index (χ2n) is 6.66. The molecule has 2 aromatic carbocycles. The summed E-state index contributed by atoms with van der Waals surface area (Å²) in [5.74, 6) is 0.812. The number of nitrogens with zero attached hydrogens (tertiary/aromatic N) is 2. The van der Waals surface area contributed by atoms with E-state index in [-0.39, 0.29) is 5.91 Å². The van der Waals surface area contributed by atoms with Gasteiger partial charge in [-0.2, -0.15) is 0 Å². The van der Waals surface area contributed by atoms with Crippen molar-refractivity contribution in [2.45, 2.75) is 30.9 Å². The Morgan fingerprint density at radius 1 is 1.07 bits per heavy atom. The van der Waals surface area contributed by atoms with E-state index in [9.17, 15) is 4.79 Å². The van der Waals surface area contributed by atoms with Gasteiger partial charge in [-0.1, -0.05) is 64.6 Å². The highest BCUT2D eigenvalue weighted by Crippen LogP contribution is 2.30. The lowest BCUT2D eigenvalue weighted by atomic mass is 10.1. The molecule has 0 spiro atoms. The van der Waals surface area contributed by atoms with E-state index in [1.54, 1.807) is 11.8 Å². The minimum Gasteiger partial charge on any atom is -0.451 e. The molecular formula is C21H19N3O2S2. The Kier molecular flexibility index (Phi) is 5.19. The van der Waals surface area contributed by atoms with Crippen LogP contribution in [-0.4, -0.2) is 16.1 Å². The zero-order chi connectivity index (χ0) is 19.7. The molecule has 0 aliphatic heterocycles. The molecular weight excluding hydrogens is 390 g/mol. The van der Waals surface area contributed by atoms with Gasteiger partial charge in [0.1, 0.15) is 5.58 Å². The fraction of sp³-hybridized carbons (Fsp3) is 0.190. The van der Waals surface area contributed by atoms with Crippen LogP contribution in [0.4, 0.5) is 5.13 Å². The van der Waals surface area contributed by atoms with Gasteiger partial charge in [0, 0.05) is 16.7 Å². The molecule has 4 rings (SSSR count). The van der Waals surface area contributed by atoms with Crippen LogP contribution in [-0.2, 0) is 5.75 Å². The van der Waals surface area contributed by atoms with E-state index in [0.717, 1.165) is 26.6 Å². The van der Waals surface area contributed by atoms with Crippen molar-refractivity contribution in [3.8, 4) is 0 Å². The summed E-state index contributed by atoms with van der Waals surface area (Å²) in [4.78, 5) is 12.6. The van der Waals surface area contributed by atoms with Crippen molar-refractivity contribution in [3.05, 3.63) is 70.5 Å². The van der Waals surface area contributed by atoms with E-state index in [2.05, 4.69) is 46.7 Å². The number of carbonyl (C=O) groups is 1. The van der Waals surface area contributed by atoms with Crippen LogP contribution < -0.4 is 5.32 Å². The number of nitrogens with one attached hydrogen (secondary N) is 1. The molecule has 0 aliphatic rings. The second kappa shape index (κ2) is 7.77. The monoisotopic (exact) mass is 409 g/mol. The largest absolute Gasteiger partial charge is 0.451 e. The van der Waals surface area contributed by atoms with Gasteiger partial charge < -0.3 is 4.42 Å². The van der Waals surface area contributed by atoms with Crippen LogP contribution in [0.25, 0.3) is 11.0 Å². The van der Waals surface area contributed by atoms with E-state index in [0.29, 0.717) is 16.5 Å². The molecule has 0 aliphatic carbocycles. The highest BCUT2D eigenvalue weighted by molar-refractivity contribution is 8.00. The summed E-state index contributed by atoms with van der Waals surface area (Å²) >= 11 is 2.96. The minimum absolute atomic E-state index is 0.308. The quantitative estimate of drug-likeness (QED) is 0.335. The number of aryl methyl sites for hydroxylation is 3. The summed E-state index contributed by atoms with van der Waals surface area (Å²) < 4.78 is 6.56. The Balaban J connectivity index is 1.44. The molecule has 0 radical (unpaired) electrons. The Bertz CT molecular complexity index is 1150. The number of furan rings is 1. The Morgan fingerprint density at radius 2 is 1.82 bits per heavy atom. The van der Waals surface area contributed by atoms with E-state index >= 15 is 0 Å². The number of hydrogen-bond acceptors (Lipinski definition) is 6. The van der Waals surface area contributed by atoms with Gasteiger partial charge in [-0.25, -0.2) is 0 Å². The lowest BCUT2D eigenvalue weighted by Crippen LogP contribution is -2.11. The second-order valence-corrected chi connectivity index (χ2v) is 8.86. The molecule has 4 aromatic rings. The summed E-state index contributed by atoms with van der Waals surface area (Å²) in [6.07, 6.45) is 0. The molecule has 0 saturated carbocycles. The summed E-state index contributed by atoms with van der Waals surface area (Å²) in [7, 11) is 0. The van der Waals surface area contributed by atoms with Crippen molar-refractivity contribution in [1.82, 2.24) is 10.2 Å². The first-order valence-corrected chi connectivity index (χ1v) is 10.6. The molecule has 0 fully saturated rings. The maximum atomic E-state index is 12.6. The first kappa shape index (κ1) is 18.7. The predicted molar refractivity (Wildman–Crippen MR) is 114 cm³/mol. The standard InChI is InChI=1S/C21H19N3O2S2/c1-12-4-7-15(8-5-12)11-27-21-24-23-20(28-21)22-19(25)18-14(3)16-10-13(2)6-9-17(16)26-18/h4-10H,11H2,1-3H3,(H,22,23,25).